The molecule has 5 fully saturated rings. The predicted octanol–water partition coefficient (Wildman–Crippen LogP) is 3.93. The van der Waals surface area contributed by atoms with E-state index < -0.39 is 5.60 Å². The first-order chi connectivity index (χ1) is 11.0. The largest absolute Gasteiger partial charge is 0.462 e. The van der Waals surface area contributed by atoms with Crippen molar-refractivity contribution in [3.8, 4) is 0 Å². The van der Waals surface area contributed by atoms with E-state index in [0.29, 0.717) is 29.6 Å². The van der Waals surface area contributed by atoms with E-state index in [4.69, 9.17) is 4.74 Å². The Kier molecular flexibility index (Phi) is 3.98. The van der Waals surface area contributed by atoms with Crippen LogP contribution in [0.4, 0.5) is 0 Å². The second kappa shape index (κ2) is 5.75. The first-order valence-electron chi connectivity index (χ1n) is 9.94. The number of esters is 1. The summed E-state index contributed by atoms with van der Waals surface area (Å²) in [6.07, 6.45) is 9.63. The minimum absolute atomic E-state index is 0.0808. The Labute approximate surface area is 140 Å². The lowest BCUT2D eigenvalue weighted by Crippen LogP contribution is -2.58. The van der Waals surface area contributed by atoms with Gasteiger partial charge in [-0.3, -0.25) is 4.79 Å². The molecule has 0 aliphatic heterocycles. The van der Waals surface area contributed by atoms with E-state index in [9.17, 15) is 9.90 Å². The minimum Gasteiger partial charge on any atom is -0.462 e. The van der Waals surface area contributed by atoms with E-state index in [0.717, 1.165) is 44.9 Å². The normalized spacial score (nSPS) is 51.2. The van der Waals surface area contributed by atoms with Gasteiger partial charge in [-0.25, -0.2) is 0 Å². The molecular formula is C20H32O3. The van der Waals surface area contributed by atoms with Crippen LogP contribution >= 0.6 is 0 Å². The average Bonchev–Trinajstić information content (AvgIpc) is 2.92. The molecule has 5 unspecified atom stereocenters. The Morgan fingerprint density at radius 3 is 2.30 bits per heavy atom. The van der Waals surface area contributed by atoms with Gasteiger partial charge in [0.15, 0.2) is 0 Å². The molecule has 0 aromatic carbocycles. The van der Waals surface area contributed by atoms with Gasteiger partial charge in [0.05, 0.1) is 11.5 Å². The van der Waals surface area contributed by atoms with Crippen molar-refractivity contribution in [1.29, 1.82) is 0 Å². The predicted molar refractivity (Wildman–Crippen MR) is 88.7 cm³/mol. The fourth-order valence-electron chi connectivity index (χ4n) is 6.66. The van der Waals surface area contributed by atoms with Gasteiger partial charge in [-0.05, 0) is 74.5 Å². The van der Waals surface area contributed by atoms with Crippen molar-refractivity contribution >= 4 is 5.97 Å². The summed E-state index contributed by atoms with van der Waals surface area (Å²) in [5.41, 5.74) is -0.438. The smallest absolute Gasteiger partial charge is 0.309 e. The van der Waals surface area contributed by atoms with Gasteiger partial charge in [-0.15, -0.1) is 0 Å². The molecule has 5 aliphatic carbocycles. The minimum atomic E-state index is -0.438. The number of hydrogen-bond acceptors (Lipinski definition) is 3. The number of aliphatic hydroxyl groups is 1. The molecule has 23 heavy (non-hydrogen) atoms. The number of hydrogen-bond donors (Lipinski definition) is 1. The van der Waals surface area contributed by atoms with Gasteiger partial charge < -0.3 is 9.84 Å². The summed E-state index contributed by atoms with van der Waals surface area (Å²) in [6, 6.07) is 0. The Hall–Kier alpha value is -0.570. The Bertz CT molecular complexity index is 458. The highest BCUT2D eigenvalue weighted by Gasteiger charge is 2.56. The SMILES string of the molecule is CCC1CC(CC)C(C(=O)OC2C3CC4CC2CC(O)(C4)C3)C1. The maximum absolute atomic E-state index is 12.9. The molecule has 0 heterocycles. The van der Waals surface area contributed by atoms with E-state index in [1.807, 2.05) is 0 Å². The molecule has 5 atom stereocenters. The van der Waals surface area contributed by atoms with Crippen LogP contribution in [0, 0.1) is 35.5 Å². The first-order valence-corrected chi connectivity index (χ1v) is 9.94. The van der Waals surface area contributed by atoms with Gasteiger partial charge in [-0.1, -0.05) is 26.7 Å². The van der Waals surface area contributed by atoms with Crippen LogP contribution in [0.25, 0.3) is 0 Å². The van der Waals surface area contributed by atoms with Crippen molar-refractivity contribution < 1.29 is 14.6 Å². The number of carbonyl (C=O) groups excluding carboxylic acids is 1. The molecule has 0 spiro atoms. The highest BCUT2D eigenvalue weighted by atomic mass is 16.5. The van der Waals surface area contributed by atoms with Gasteiger partial charge in [0, 0.05) is 0 Å². The lowest BCUT2D eigenvalue weighted by atomic mass is 9.53. The molecule has 130 valence electrons. The molecule has 3 nitrogen and oxygen atoms in total. The molecule has 0 saturated heterocycles. The topological polar surface area (TPSA) is 46.5 Å². The highest BCUT2D eigenvalue weighted by molar-refractivity contribution is 5.73. The zero-order valence-corrected chi connectivity index (χ0v) is 14.7. The molecular weight excluding hydrogens is 288 g/mol. The molecule has 5 aliphatic rings. The molecule has 4 bridgehead atoms. The van der Waals surface area contributed by atoms with Crippen LogP contribution in [0.2, 0.25) is 0 Å². The summed E-state index contributed by atoms with van der Waals surface area (Å²) >= 11 is 0. The van der Waals surface area contributed by atoms with Crippen molar-refractivity contribution in [1.82, 2.24) is 0 Å². The summed E-state index contributed by atoms with van der Waals surface area (Å²) < 4.78 is 6.13. The van der Waals surface area contributed by atoms with Crippen molar-refractivity contribution in [3.05, 3.63) is 0 Å². The molecule has 5 rings (SSSR count). The van der Waals surface area contributed by atoms with Crippen LogP contribution in [0.3, 0.4) is 0 Å². The summed E-state index contributed by atoms with van der Waals surface area (Å²) in [4.78, 5) is 12.9. The van der Waals surface area contributed by atoms with E-state index in [-0.39, 0.29) is 18.0 Å². The number of rotatable bonds is 4. The van der Waals surface area contributed by atoms with Gasteiger partial charge in [0.2, 0.25) is 0 Å². The third kappa shape index (κ3) is 2.73. The van der Waals surface area contributed by atoms with Crippen molar-refractivity contribution in [2.75, 3.05) is 0 Å². The summed E-state index contributed by atoms with van der Waals surface area (Å²) in [5.74, 6) is 2.94. The molecule has 0 amide bonds. The lowest BCUT2D eigenvalue weighted by molar-refractivity contribution is -0.202. The maximum atomic E-state index is 12.9. The van der Waals surface area contributed by atoms with Crippen molar-refractivity contribution in [2.45, 2.75) is 83.3 Å². The Morgan fingerprint density at radius 1 is 1.04 bits per heavy atom. The molecule has 5 saturated carbocycles. The lowest BCUT2D eigenvalue weighted by Gasteiger charge is -2.57. The zero-order valence-electron chi connectivity index (χ0n) is 14.7. The summed E-state index contributed by atoms with van der Waals surface area (Å²) in [7, 11) is 0. The van der Waals surface area contributed by atoms with Crippen LogP contribution in [0.1, 0.15) is 71.6 Å². The monoisotopic (exact) mass is 320 g/mol. The standard InChI is InChI=1S/C20H32O3/c1-3-12-5-14(4-2)17(8-12)19(21)23-18-15-6-13-7-16(18)11-20(22,9-13)10-15/h12-18,22H,3-11H2,1-2H3. The molecule has 3 heteroatoms. The highest BCUT2D eigenvalue weighted by Crippen LogP contribution is 2.56. The number of ether oxygens (including phenoxy) is 1. The van der Waals surface area contributed by atoms with Crippen molar-refractivity contribution in [3.63, 3.8) is 0 Å². The van der Waals surface area contributed by atoms with Gasteiger partial charge in [-0.2, -0.15) is 0 Å². The van der Waals surface area contributed by atoms with Crippen LogP contribution in [-0.2, 0) is 9.53 Å². The van der Waals surface area contributed by atoms with E-state index in [1.54, 1.807) is 0 Å². The van der Waals surface area contributed by atoms with Crippen LogP contribution in [-0.4, -0.2) is 22.8 Å². The molecule has 0 aromatic heterocycles. The second-order valence-corrected chi connectivity index (χ2v) is 9.12. The maximum Gasteiger partial charge on any atom is 0.309 e. The summed E-state index contributed by atoms with van der Waals surface area (Å²) in [6.45, 7) is 4.45. The Balaban J connectivity index is 1.43. The van der Waals surface area contributed by atoms with E-state index in [1.165, 1.54) is 12.8 Å². The third-order valence-corrected chi connectivity index (χ3v) is 7.60. The van der Waals surface area contributed by atoms with Gasteiger partial charge >= 0.3 is 5.97 Å². The molecule has 0 aromatic rings. The Morgan fingerprint density at radius 2 is 1.74 bits per heavy atom. The van der Waals surface area contributed by atoms with Gasteiger partial charge in [0.25, 0.3) is 0 Å². The zero-order chi connectivity index (χ0) is 16.2. The third-order valence-electron chi connectivity index (χ3n) is 7.60. The molecule has 0 radical (unpaired) electrons. The first kappa shape index (κ1) is 15.9. The second-order valence-electron chi connectivity index (χ2n) is 9.12. The van der Waals surface area contributed by atoms with Crippen molar-refractivity contribution in [2.24, 2.45) is 35.5 Å². The average molecular weight is 320 g/mol. The number of carbonyl (C=O) groups is 1. The van der Waals surface area contributed by atoms with Gasteiger partial charge in [0.1, 0.15) is 6.10 Å². The van der Waals surface area contributed by atoms with Crippen LogP contribution < -0.4 is 0 Å². The van der Waals surface area contributed by atoms with Crippen LogP contribution in [0.15, 0.2) is 0 Å². The van der Waals surface area contributed by atoms with Crippen LogP contribution in [0.5, 0.6) is 0 Å². The van der Waals surface area contributed by atoms with E-state index in [2.05, 4.69) is 13.8 Å². The quantitative estimate of drug-likeness (QED) is 0.798. The summed E-state index contributed by atoms with van der Waals surface area (Å²) in [5, 5.41) is 10.7. The fraction of sp³-hybridized carbons (Fsp3) is 0.950. The fourth-order valence-corrected chi connectivity index (χ4v) is 6.66. The molecule has 1 N–H and O–H groups in total. The van der Waals surface area contributed by atoms with E-state index >= 15 is 0 Å².